The normalized spacial score (nSPS) is 15.7. The average Bonchev–Trinajstić information content (AvgIpc) is 3.12. The van der Waals surface area contributed by atoms with Gasteiger partial charge in [0.1, 0.15) is 24.2 Å². The van der Waals surface area contributed by atoms with Crippen molar-refractivity contribution in [1.82, 2.24) is 0 Å². The standard InChI is InChI=1S/C24H23N3O2S/c1-2-29-21-10-6-9-18(23(21)28)14-26-24-20(13-25)19-11-12-27(16-22(19)30-24)15-17-7-4-3-5-8-17/h3-10,14,28H,2,11-12,15-16H2,1H3/p+1/b26-14+. The minimum Gasteiger partial charge on any atom is -0.504 e. The fourth-order valence-corrected chi connectivity index (χ4v) is 5.02. The summed E-state index contributed by atoms with van der Waals surface area (Å²) in [6, 6.07) is 18.2. The molecular formula is C24H24N3O2S+. The number of rotatable bonds is 6. The first kappa shape index (κ1) is 20.1. The second-order valence-corrected chi connectivity index (χ2v) is 8.35. The number of nitriles is 1. The Morgan fingerprint density at radius 2 is 2.07 bits per heavy atom. The van der Waals surface area contributed by atoms with Crippen molar-refractivity contribution in [3.63, 3.8) is 0 Å². The van der Waals surface area contributed by atoms with E-state index in [0.29, 0.717) is 28.5 Å². The van der Waals surface area contributed by atoms with E-state index >= 15 is 0 Å². The number of para-hydroxylation sites is 1. The van der Waals surface area contributed by atoms with Crippen molar-refractivity contribution < 1.29 is 14.7 Å². The van der Waals surface area contributed by atoms with E-state index in [1.807, 2.05) is 19.1 Å². The molecule has 0 amide bonds. The summed E-state index contributed by atoms with van der Waals surface area (Å²) in [7, 11) is 0. The van der Waals surface area contributed by atoms with Crippen LogP contribution in [0.25, 0.3) is 0 Å². The Hall–Kier alpha value is -3.14. The van der Waals surface area contributed by atoms with Gasteiger partial charge in [-0.15, -0.1) is 11.3 Å². The van der Waals surface area contributed by atoms with Gasteiger partial charge in [0, 0.05) is 23.8 Å². The van der Waals surface area contributed by atoms with E-state index in [4.69, 9.17) is 4.74 Å². The first-order valence-electron chi connectivity index (χ1n) is 10.1. The third-order valence-electron chi connectivity index (χ3n) is 5.27. The quantitative estimate of drug-likeness (QED) is 0.601. The van der Waals surface area contributed by atoms with Crippen molar-refractivity contribution in [1.29, 1.82) is 5.26 Å². The molecule has 2 aromatic carbocycles. The molecule has 0 radical (unpaired) electrons. The average molecular weight is 419 g/mol. The second kappa shape index (κ2) is 9.12. The summed E-state index contributed by atoms with van der Waals surface area (Å²) >= 11 is 1.59. The fourth-order valence-electron chi connectivity index (χ4n) is 3.81. The summed E-state index contributed by atoms with van der Waals surface area (Å²) in [5.74, 6) is 0.508. The van der Waals surface area contributed by atoms with Gasteiger partial charge in [-0.25, -0.2) is 4.99 Å². The Labute approximate surface area is 180 Å². The number of hydrogen-bond acceptors (Lipinski definition) is 5. The third-order valence-corrected chi connectivity index (χ3v) is 6.41. The molecule has 6 heteroatoms. The Bertz CT molecular complexity index is 1100. The summed E-state index contributed by atoms with van der Waals surface area (Å²) in [5, 5.41) is 20.8. The van der Waals surface area contributed by atoms with Crippen LogP contribution in [0.3, 0.4) is 0 Å². The molecule has 0 saturated carbocycles. The molecule has 0 saturated heterocycles. The van der Waals surface area contributed by atoms with Gasteiger partial charge >= 0.3 is 0 Å². The van der Waals surface area contributed by atoms with Crippen LogP contribution >= 0.6 is 11.3 Å². The van der Waals surface area contributed by atoms with Crippen molar-refractivity contribution in [2.24, 2.45) is 4.99 Å². The number of ether oxygens (including phenoxy) is 1. The highest BCUT2D eigenvalue weighted by Gasteiger charge is 2.26. The zero-order chi connectivity index (χ0) is 20.9. The maximum atomic E-state index is 10.4. The summed E-state index contributed by atoms with van der Waals surface area (Å²) in [5.41, 5.74) is 3.72. The van der Waals surface area contributed by atoms with Gasteiger partial charge in [-0.2, -0.15) is 5.26 Å². The zero-order valence-corrected chi connectivity index (χ0v) is 17.7. The molecule has 2 heterocycles. The lowest BCUT2D eigenvalue weighted by atomic mass is 10.0. The van der Waals surface area contributed by atoms with E-state index < -0.39 is 0 Å². The lowest BCUT2D eigenvalue weighted by Gasteiger charge is -2.23. The van der Waals surface area contributed by atoms with Crippen LogP contribution in [0.1, 0.15) is 34.1 Å². The highest BCUT2D eigenvalue weighted by Crippen LogP contribution is 2.37. The predicted molar refractivity (Wildman–Crippen MR) is 119 cm³/mol. The molecule has 0 aliphatic carbocycles. The number of aromatic hydroxyl groups is 1. The van der Waals surface area contributed by atoms with Gasteiger partial charge in [-0.3, -0.25) is 0 Å². The smallest absolute Gasteiger partial charge is 0.166 e. The third kappa shape index (κ3) is 4.23. The van der Waals surface area contributed by atoms with Crippen LogP contribution in [0.4, 0.5) is 5.00 Å². The highest BCUT2D eigenvalue weighted by atomic mass is 32.1. The summed E-state index contributed by atoms with van der Waals surface area (Å²) < 4.78 is 5.44. The molecule has 1 atom stereocenters. The van der Waals surface area contributed by atoms with Crippen LogP contribution < -0.4 is 9.64 Å². The van der Waals surface area contributed by atoms with Crippen LogP contribution in [-0.2, 0) is 19.5 Å². The number of aliphatic imine (C=N–C) groups is 1. The molecule has 1 aromatic heterocycles. The molecule has 2 N–H and O–H groups in total. The van der Waals surface area contributed by atoms with E-state index in [1.54, 1.807) is 29.7 Å². The van der Waals surface area contributed by atoms with Crippen molar-refractivity contribution in [3.8, 4) is 17.6 Å². The molecule has 152 valence electrons. The largest absolute Gasteiger partial charge is 0.504 e. The number of quaternary nitrogens is 1. The minimum absolute atomic E-state index is 0.0707. The summed E-state index contributed by atoms with van der Waals surface area (Å²) in [4.78, 5) is 7.31. The molecule has 3 aromatic rings. The number of fused-ring (bicyclic) bond motifs is 1. The lowest BCUT2D eigenvalue weighted by molar-refractivity contribution is -0.929. The fraction of sp³-hybridized carbons (Fsp3) is 0.250. The van der Waals surface area contributed by atoms with Gasteiger partial charge < -0.3 is 14.7 Å². The van der Waals surface area contributed by atoms with Crippen molar-refractivity contribution in [2.75, 3.05) is 13.2 Å². The molecule has 0 bridgehead atoms. The maximum absolute atomic E-state index is 10.4. The molecule has 30 heavy (non-hydrogen) atoms. The summed E-state index contributed by atoms with van der Waals surface area (Å²) in [6.07, 6.45) is 2.50. The van der Waals surface area contributed by atoms with E-state index in [0.717, 1.165) is 31.6 Å². The van der Waals surface area contributed by atoms with Crippen molar-refractivity contribution in [3.05, 3.63) is 75.7 Å². The SMILES string of the molecule is CCOc1cccc(/C=N/c2sc3c(c2C#N)CC[NH+](Cc2ccccc2)C3)c1O. The van der Waals surface area contributed by atoms with Gasteiger partial charge in [0.25, 0.3) is 0 Å². The summed E-state index contributed by atoms with van der Waals surface area (Å²) in [6.45, 7) is 5.25. The first-order valence-corrected chi connectivity index (χ1v) is 10.9. The van der Waals surface area contributed by atoms with E-state index in [2.05, 4.69) is 35.3 Å². The topological polar surface area (TPSA) is 70.0 Å². The monoisotopic (exact) mass is 418 g/mol. The first-order chi connectivity index (χ1) is 14.7. The minimum atomic E-state index is 0.0707. The second-order valence-electron chi connectivity index (χ2n) is 7.27. The van der Waals surface area contributed by atoms with Crippen molar-refractivity contribution in [2.45, 2.75) is 26.4 Å². The van der Waals surface area contributed by atoms with Gasteiger partial charge in [0.2, 0.25) is 0 Å². The molecule has 1 aliphatic rings. The molecule has 0 fully saturated rings. The van der Waals surface area contributed by atoms with Crippen LogP contribution in [0.2, 0.25) is 0 Å². The van der Waals surface area contributed by atoms with Crippen LogP contribution in [0.5, 0.6) is 11.5 Å². The van der Waals surface area contributed by atoms with Gasteiger partial charge in [-0.1, -0.05) is 36.4 Å². The molecule has 4 rings (SSSR count). The number of thiophene rings is 1. The Morgan fingerprint density at radius 1 is 1.23 bits per heavy atom. The van der Waals surface area contributed by atoms with Gasteiger partial charge in [0.15, 0.2) is 11.5 Å². The molecular weight excluding hydrogens is 394 g/mol. The molecule has 0 spiro atoms. The number of nitrogens with one attached hydrogen (secondary N) is 1. The number of hydrogen-bond donors (Lipinski definition) is 2. The lowest BCUT2D eigenvalue weighted by Crippen LogP contribution is -3.10. The van der Waals surface area contributed by atoms with Crippen LogP contribution in [-0.4, -0.2) is 24.5 Å². The number of phenolic OH excluding ortho intramolecular Hbond substituents is 1. The van der Waals surface area contributed by atoms with Gasteiger partial charge in [0.05, 0.1) is 23.6 Å². The molecule has 1 aliphatic heterocycles. The number of phenols is 1. The highest BCUT2D eigenvalue weighted by molar-refractivity contribution is 7.16. The maximum Gasteiger partial charge on any atom is 0.166 e. The van der Waals surface area contributed by atoms with Gasteiger partial charge in [-0.05, 0) is 24.6 Å². The zero-order valence-electron chi connectivity index (χ0n) is 16.9. The number of benzene rings is 2. The van der Waals surface area contributed by atoms with E-state index in [9.17, 15) is 10.4 Å². The predicted octanol–water partition coefficient (Wildman–Crippen LogP) is 3.62. The molecule has 5 nitrogen and oxygen atoms in total. The van der Waals surface area contributed by atoms with Crippen LogP contribution in [0, 0.1) is 11.3 Å². The Morgan fingerprint density at radius 3 is 2.83 bits per heavy atom. The Balaban J connectivity index is 1.56. The molecule has 1 unspecified atom stereocenters. The van der Waals surface area contributed by atoms with Crippen molar-refractivity contribution >= 4 is 22.6 Å². The van der Waals surface area contributed by atoms with Crippen LogP contribution in [0.15, 0.2) is 53.5 Å². The Kier molecular flexibility index (Phi) is 6.12. The van der Waals surface area contributed by atoms with E-state index in [1.165, 1.54) is 15.3 Å². The van der Waals surface area contributed by atoms with E-state index in [-0.39, 0.29) is 5.75 Å². The number of nitrogens with zero attached hydrogens (tertiary/aromatic N) is 2.